The van der Waals surface area contributed by atoms with Crippen molar-refractivity contribution in [1.82, 2.24) is 9.80 Å². The zero-order valence-electron chi connectivity index (χ0n) is 20.7. The van der Waals surface area contributed by atoms with Crippen LogP contribution in [0, 0.1) is 0 Å². The first kappa shape index (κ1) is 24.6. The van der Waals surface area contributed by atoms with Crippen LogP contribution in [0.2, 0.25) is 0 Å². The molecule has 0 aromatic heterocycles. The highest BCUT2D eigenvalue weighted by Crippen LogP contribution is 2.44. The minimum absolute atomic E-state index is 0.0944. The van der Waals surface area contributed by atoms with E-state index in [-0.39, 0.29) is 24.9 Å². The lowest BCUT2D eigenvalue weighted by molar-refractivity contribution is -0.150. The highest BCUT2D eigenvalue weighted by atomic mass is 16.6. The summed E-state index contributed by atoms with van der Waals surface area (Å²) in [6.45, 7) is 0.504. The second-order valence-electron chi connectivity index (χ2n) is 9.65. The van der Waals surface area contributed by atoms with Crippen LogP contribution in [-0.4, -0.2) is 65.2 Å². The van der Waals surface area contributed by atoms with Gasteiger partial charge in [0.25, 0.3) is 0 Å². The number of hydrogen-bond donors (Lipinski definition) is 1. The van der Waals surface area contributed by atoms with Gasteiger partial charge in [-0.1, -0.05) is 78.9 Å². The van der Waals surface area contributed by atoms with Crippen molar-refractivity contribution in [2.45, 2.75) is 37.3 Å². The average Bonchev–Trinajstić information content (AvgIpc) is 3.54. The molecule has 0 unspecified atom stereocenters. The van der Waals surface area contributed by atoms with E-state index in [0.717, 1.165) is 27.8 Å². The number of carboxylic acid groups (broad SMARTS) is 1. The molecule has 7 nitrogen and oxygen atoms in total. The van der Waals surface area contributed by atoms with Crippen LogP contribution in [0.1, 0.15) is 35.4 Å². The Morgan fingerprint density at radius 3 is 2.16 bits per heavy atom. The van der Waals surface area contributed by atoms with E-state index in [1.165, 1.54) is 9.80 Å². The number of benzene rings is 3. The number of hydrogen-bond acceptors (Lipinski definition) is 4. The Kier molecular flexibility index (Phi) is 6.95. The standard InChI is InChI=1S/C30H30N2O5/c1-31(27(18-20-10-3-2-4-11-20)28(33)32-17-9-16-26(32)29(34)35)30(36)37-19-25-23-14-7-5-12-21(23)22-13-6-8-15-24(22)25/h2-8,10-15,25-27H,9,16-19H2,1H3,(H,34,35)/t26-,27+/m0/s1. The lowest BCUT2D eigenvalue weighted by Crippen LogP contribution is -2.53. The summed E-state index contributed by atoms with van der Waals surface area (Å²) in [5.74, 6) is -1.49. The van der Waals surface area contributed by atoms with Gasteiger partial charge in [-0.05, 0) is 40.7 Å². The zero-order valence-corrected chi connectivity index (χ0v) is 20.7. The molecule has 1 heterocycles. The zero-order chi connectivity index (χ0) is 25.9. The first-order chi connectivity index (χ1) is 18.0. The first-order valence-electron chi connectivity index (χ1n) is 12.6. The topological polar surface area (TPSA) is 87.2 Å². The van der Waals surface area contributed by atoms with Gasteiger partial charge in [0.05, 0.1) is 0 Å². The first-order valence-corrected chi connectivity index (χ1v) is 12.6. The molecule has 2 amide bonds. The molecule has 1 aliphatic carbocycles. The molecule has 190 valence electrons. The summed E-state index contributed by atoms with van der Waals surface area (Å²) in [6.07, 6.45) is 0.689. The number of fused-ring (bicyclic) bond motifs is 3. The van der Waals surface area contributed by atoms with Crippen LogP contribution in [0.25, 0.3) is 11.1 Å². The lowest BCUT2D eigenvalue weighted by atomic mass is 9.98. The third kappa shape index (κ3) is 4.81. The molecule has 5 rings (SSSR count). The molecule has 0 saturated carbocycles. The average molecular weight is 499 g/mol. The van der Waals surface area contributed by atoms with E-state index in [1.807, 2.05) is 54.6 Å². The van der Waals surface area contributed by atoms with E-state index >= 15 is 0 Å². The number of carbonyl (C=O) groups is 3. The largest absolute Gasteiger partial charge is 0.480 e. The van der Waals surface area contributed by atoms with E-state index < -0.39 is 24.1 Å². The molecule has 7 heteroatoms. The monoisotopic (exact) mass is 498 g/mol. The molecule has 37 heavy (non-hydrogen) atoms. The quantitative estimate of drug-likeness (QED) is 0.516. The maximum absolute atomic E-state index is 13.6. The number of amides is 2. The van der Waals surface area contributed by atoms with Crippen molar-refractivity contribution in [3.05, 3.63) is 95.6 Å². The second-order valence-corrected chi connectivity index (χ2v) is 9.65. The van der Waals surface area contributed by atoms with Gasteiger partial charge < -0.3 is 14.7 Å². The molecule has 0 radical (unpaired) electrons. The summed E-state index contributed by atoms with van der Waals surface area (Å²) in [6, 6.07) is 23.9. The van der Waals surface area contributed by atoms with Gasteiger partial charge in [-0.3, -0.25) is 9.69 Å². The number of ether oxygens (including phenoxy) is 1. The van der Waals surface area contributed by atoms with Gasteiger partial charge >= 0.3 is 12.1 Å². The predicted octanol–water partition coefficient (Wildman–Crippen LogP) is 4.55. The summed E-state index contributed by atoms with van der Waals surface area (Å²) in [5, 5.41) is 9.62. The van der Waals surface area contributed by atoms with Crippen molar-refractivity contribution < 1.29 is 24.2 Å². The van der Waals surface area contributed by atoms with Gasteiger partial charge in [0.15, 0.2) is 0 Å². The van der Waals surface area contributed by atoms with Crippen LogP contribution in [-0.2, 0) is 20.7 Å². The van der Waals surface area contributed by atoms with E-state index in [9.17, 15) is 19.5 Å². The van der Waals surface area contributed by atoms with E-state index in [1.54, 1.807) is 7.05 Å². The fourth-order valence-electron chi connectivity index (χ4n) is 5.53. The Morgan fingerprint density at radius 1 is 0.946 bits per heavy atom. The Labute approximate surface area is 216 Å². The minimum atomic E-state index is -1.02. The Bertz CT molecular complexity index is 1260. The number of likely N-dealkylation sites (tertiary alicyclic amines) is 1. The fourth-order valence-corrected chi connectivity index (χ4v) is 5.53. The van der Waals surface area contributed by atoms with Crippen molar-refractivity contribution in [3.63, 3.8) is 0 Å². The summed E-state index contributed by atoms with van der Waals surface area (Å²) >= 11 is 0. The van der Waals surface area contributed by atoms with Crippen LogP contribution in [0.3, 0.4) is 0 Å². The van der Waals surface area contributed by atoms with Crippen LogP contribution < -0.4 is 0 Å². The van der Waals surface area contributed by atoms with E-state index in [2.05, 4.69) is 24.3 Å². The summed E-state index contributed by atoms with van der Waals surface area (Å²) in [4.78, 5) is 41.4. The van der Waals surface area contributed by atoms with Crippen LogP contribution in [0.15, 0.2) is 78.9 Å². The third-order valence-electron chi connectivity index (χ3n) is 7.47. The molecule has 0 spiro atoms. The predicted molar refractivity (Wildman–Crippen MR) is 139 cm³/mol. The van der Waals surface area contributed by atoms with Gasteiger partial charge in [-0.25, -0.2) is 9.59 Å². The van der Waals surface area contributed by atoms with Crippen LogP contribution in [0.5, 0.6) is 0 Å². The van der Waals surface area contributed by atoms with Gasteiger partial charge in [-0.15, -0.1) is 0 Å². The SMILES string of the molecule is CN(C(=O)OCC1c2ccccc2-c2ccccc21)[C@H](Cc1ccccc1)C(=O)N1CCC[C@H]1C(=O)O. The van der Waals surface area contributed by atoms with Crippen LogP contribution >= 0.6 is 0 Å². The smallest absolute Gasteiger partial charge is 0.410 e. The van der Waals surface area contributed by atoms with E-state index in [0.29, 0.717) is 19.4 Å². The number of likely N-dealkylation sites (N-methyl/N-ethyl adjacent to an activating group) is 1. The Balaban J connectivity index is 1.35. The number of carbonyl (C=O) groups excluding carboxylic acids is 2. The van der Waals surface area contributed by atoms with Crippen molar-refractivity contribution in [2.75, 3.05) is 20.2 Å². The number of rotatable bonds is 7. The molecule has 1 saturated heterocycles. The van der Waals surface area contributed by atoms with Crippen LogP contribution in [0.4, 0.5) is 4.79 Å². The number of nitrogens with zero attached hydrogens (tertiary/aromatic N) is 2. The molecule has 1 aliphatic heterocycles. The molecular weight excluding hydrogens is 468 g/mol. The maximum atomic E-state index is 13.6. The Hall–Kier alpha value is -4.13. The second kappa shape index (κ2) is 10.5. The van der Waals surface area contributed by atoms with E-state index in [4.69, 9.17) is 4.74 Å². The van der Waals surface area contributed by atoms with Gasteiger partial charge in [0.2, 0.25) is 5.91 Å². The molecular formula is C30H30N2O5. The highest BCUT2D eigenvalue weighted by Gasteiger charge is 2.40. The fraction of sp³-hybridized carbons (Fsp3) is 0.300. The molecule has 2 aliphatic rings. The summed E-state index contributed by atoms with van der Waals surface area (Å²) in [5.41, 5.74) is 5.37. The van der Waals surface area contributed by atoms with Gasteiger partial charge in [0, 0.05) is 25.9 Å². The molecule has 0 bridgehead atoms. The number of carboxylic acids is 1. The molecule has 3 aromatic carbocycles. The summed E-state index contributed by atoms with van der Waals surface area (Å²) < 4.78 is 5.81. The van der Waals surface area contributed by atoms with Gasteiger partial charge in [-0.2, -0.15) is 0 Å². The lowest BCUT2D eigenvalue weighted by Gasteiger charge is -2.32. The molecule has 3 aromatic rings. The normalized spacial score (nSPS) is 17.1. The highest BCUT2D eigenvalue weighted by molar-refractivity contribution is 5.90. The van der Waals surface area contributed by atoms with Crippen molar-refractivity contribution in [1.29, 1.82) is 0 Å². The number of aliphatic carboxylic acids is 1. The van der Waals surface area contributed by atoms with Crippen molar-refractivity contribution in [3.8, 4) is 11.1 Å². The molecule has 1 fully saturated rings. The van der Waals surface area contributed by atoms with Gasteiger partial charge in [0.1, 0.15) is 18.7 Å². The van der Waals surface area contributed by atoms with Crippen molar-refractivity contribution in [2.24, 2.45) is 0 Å². The molecule has 1 N–H and O–H groups in total. The minimum Gasteiger partial charge on any atom is -0.480 e. The summed E-state index contributed by atoms with van der Waals surface area (Å²) in [7, 11) is 1.55. The maximum Gasteiger partial charge on any atom is 0.410 e. The Morgan fingerprint density at radius 2 is 1.54 bits per heavy atom. The third-order valence-corrected chi connectivity index (χ3v) is 7.47. The molecule has 2 atom stereocenters. The van der Waals surface area contributed by atoms with Crippen molar-refractivity contribution >= 4 is 18.0 Å².